The Hall–Kier alpha value is -2.27. The van der Waals surface area contributed by atoms with E-state index in [-0.39, 0.29) is 5.54 Å². The molecule has 1 heterocycles. The van der Waals surface area contributed by atoms with E-state index >= 15 is 0 Å². The zero-order valence-corrected chi connectivity index (χ0v) is 12.8. The van der Waals surface area contributed by atoms with E-state index in [1.807, 2.05) is 24.3 Å². The van der Waals surface area contributed by atoms with Crippen molar-refractivity contribution >= 4 is 11.7 Å². The highest BCUT2D eigenvalue weighted by molar-refractivity contribution is 5.73. The van der Waals surface area contributed by atoms with Gasteiger partial charge in [-0.1, -0.05) is 0 Å². The Balaban J connectivity index is 0.000000322. The monoisotopic (exact) mass is 329 g/mol. The summed E-state index contributed by atoms with van der Waals surface area (Å²) in [4.78, 5) is 11.3. The smallest absolute Gasteiger partial charge is 0.475 e. The van der Waals surface area contributed by atoms with Gasteiger partial charge in [-0.2, -0.15) is 18.4 Å². The van der Waals surface area contributed by atoms with Crippen LogP contribution in [0, 0.1) is 11.3 Å². The summed E-state index contributed by atoms with van der Waals surface area (Å²) in [7, 11) is 0. The number of nitrogens with zero attached hydrogens (tertiary/aromatic N) is 2. The topological polar surface area (TPSA) is 76.4 Å². The Bertz CT molecular complexity index is 577. The normalized spacial score (nSPS) is 16.8. The maximum Gasteiger partial charge on any atom is 0.490 e. The lowest BCUT2D eigenvalue weighted by molar-refractivity contribution is -0.192. The van der Waals surface area contributed by atoms with Crippen LogP contribution in [0.1, 0.15) is 19.4 Å². The Kier molecular flexibility index (Phi) is 5.98. The molecule has 0 saturated carbocycles. The summed E-state index contributed by atoms with van der Waals surface area (Å²) < 4.78 is 31.7. The highest BCUT2D eigenvalue weighted by Gasteiger charge is 2.38. The number of carboxylic acid groups (broad SMARTS) is 1. The van der Waals surface area contributed by atoms with Gasteiger partial charge in [0.1, 0.15) is 0 Å². The third-order valence-corrected chi connectivity index (χ3v) is 3.18. The molecule has 1 aromatic carbocycles. The number of aliphatic carboxylic acids is 1. The summed E-state index contributed by atoms with van der Waals surface area (Å²) in [5.74, 6) is -2.76. The molecule has 0 unspecified atom stereocenters. The van der Waals surface area contributed by atoms with Crippen LogP contribution in [-0.2, 0) is 4.79 Å². The van der Waals surface area contributed by atoms with Gasteiger partial charge >= 0.3 is 12.1 Å². The van der Waals surface area contributed by atoms with Crippen LogP contribution in [0.2, 0.25) is 0 Å². The van der Waals surface area contributed by atoms with Gasteiger partial charge in [-0.05, 0) is 38.1 Å². The van der Waals surface area contributed by atoms with E-state index in [0.29, 0.717) is 0 Å². The fourth-order valence-electron chi connectivity index (χ4n) is 2.11. The molecule has 0 aromatic heterocycles. The van der Waals surface area contributed by atoms with Crippen molar-refractivity contribution < 1.29 is 23.1 Å². The maximum absolute atomic E-state index is 10.6. The first-order valence-corrected chi connectivity index (χ1v) is 6.85. The molecule has 0 amide bonds. The van der Waals surface area contributed by atoms with Crippen LogP contribution in [0.3, 0.4) is 0 Å². The number of nitriles is 1. The SMILES string of the molecule is CC1(C)CN(c2ccc(C#N)cc2)CCN1.O=C(O)C(F)(F)F. The predicted molar refractivity (Wildman–Crippen MR) is 79.1 cm³/mol. The van der Waals surface area contributed by atoms with Crippen molar-refractivity contribution in [3.63, 3.8) is 0 Å². The quantitative estimate of drug-likeness (QED) is 0.827. The lowest BCUT2D eigenvalue weighted by atomic mass is 10.0. The van der Waals surface area contributed by atoms with Crippen LogP contribution < -0.4 is 10.2 Å². The number of anilines is 1. The maximum atomic E-state index is 10.6. The van der Waals surface area contributed by atoms with Gasteiger partial charge in [0.05, 0.1) is 11.6 Å². The lowest BCUT2D eigenvalue weighted by Crippen LogP contribution is -2.57. The molecule has 1 saturated heterocycles. The third-order valence-electron chi connectivity index (χ3n) is 3.18. The van der Waals surface area contributed by atoms with Crippen LogP contribution in [0.25, 0.3) is 0 Å². The van der Waals surface area contributed by atoms with Gasteiger partial charge in [0, 0.05) is 30.9 Å². The molecular formula is C15H18F3N3O2. The molecule has 5 nitrogen and oxygen atoms in total. The highest BCUT2D eigenvalue weighted by atomic mass is 19.4. The Morgan fingerprint density at radius 3 is 2.26 bits per heavy atom. The second kappa shape index (κ2) is 7.33. The van der Waals surface area contributed by atoms with Crippen molar-refractivity contribution in [2.75, 3.05) is 24.5 Å². The Morgan fingerprint density at radius 2 is 1.87 bits per heavy atom. The van der Waals surface area contributed by atoms with E-state index in [0.717, 1.165) is 25.2 Å². The molecule has 126 valence electrons. The van der Waals surface area contributed by atoms with Gasteiger partial charge in [-0.15, -0.1) is 0 Å². The van der Waals surface area contributed by atoms with Crippen molar-refractivity contribution in [2.45, 2.75) is 25.6 Å². The molecule has 0 aliphatic carbocycles. The van der Waals surface area contributed by atoms with Crippen molar-refractivity contribution in [3.05, 3.63) is 29.8 Å². The van der Waals surface area contributed by atoms with Gasteiger partial charge in [-0.25, -0.2) is 4.79 Å². The largest absolute Gasteiger partial charge is 0.490 e. The van der Waals surface area contributed by atoms with Crippen molar-refractivity contribution in [1.29, 1.82) is 5.26 Å². The number of benzene rings is 1. The number of halogens is 3. The first kappa shape index (κ1) is 18.8. The molecule has 1 fully saturated rings. The summed E-state index contributed by atoms with van der Waals surface area (Å²) in [5.41, 5.74) is 2.08. The number of hydrogen-bond donors (Lipinski definition) is 2. The average Bonchev–Trinajstić information content (AvgIpc) is 2.46. The summed E-state index contributed by atoms with van der Waals surface area (Å²) in [5, 5.41) is 19.4. The van der Waals surface area contributed by atoms with E-state index in [1.165, 1.54) is 5.69 Å². The minimum atomic E-state index is -5.08. The minimum Gasteiger partial charge on any atom is -0.475 e. The van der Waals surface area contributed by atoms with E-state index in [2.05, 4.69) is 30.1 Å². The Morgan fingerprint density at radius 1 is 1.35 bits per heavy atom. The number of carboxylic acids is 1. The summed E-state index contributed by atoms with van der Waals surface area (Å²) >= 11 is 0. The van der Waals surface area contributed by atoms with Crippen LogP contribution in [-0.4, -0.2) is 42.4 Å². The van der Waals surface area contributed by atoms with Crippen LogP contribution >= 0.6 is 0 Å². The molecule has 8 heteroatoms. The van der Waals surface area contributed by atoms with Gasteiger partial charge in [0.15, 0.2) is 0 Å². The summed E-state index contributed by atoms with van der Waals surface area (Å²) in [6, 6.07) is 9.96. The summed E-state index contributed by atoms with van der Waals surface area (Å²) in [6.45, 7) is 7.45. The number of piperazine rings is 1. The first-order valence-electron chi connectivity index (χ1n) is 6.85. The molecule has 0 bridgehead atoms. The molecule has 2 N–H and O–H groups in total. The molecule has 0 radical (unpaired) electrons. The fourth-order valence-corrected chi connectivity index (χ4v) is 2.11. The van der Waals surface area contributed by atoms with Crippen molar-refractivity contribution in [2.24, 2.45) is 0 Å². The molecular weight excluding hydrogens is 311 g/mol. The number of carbonyl (C=O) groups is 1. The first-order chi connectivity index (χ1) is 10.5. The number of nitrogens with one attached hydrogen (secondary N) is 1. The highest BCUT2D eigenvalue weighted by Crippen LogP contribution is 2.20. The molecule has 0 spiro atoms. The molecule has 2 rings (SSSR count). The number of hydrogen-bond acceptors (Lipinski definition) is 4. The van der Waals surface area contributed by atoms with E-state index in [4.69, 9.17) is 15.2 Å². The average molecular weight is 329 g/mol. The van der Waals surface area contributed by atoms with Crippen molar-refractivity contribution in [3.8, 4) is 6.07 Å². The predicted octanol–water partition coefficient (Wildman–Crippen LogP) is 2.38. The standard InChI is InChI=1S/C13H17N3.C2HF3O2/c1-13(2)10-16(8-7-15-13)12-5-3-11(9-14)4-6-12;3-2(4,5)1(6)7/h3-6,15H,7-8,10H2,1-2H3;(H,6,7). The molecule has 23 heavy (non-hydrogen) atoms. The van der Waals surface area contributed by atoms with E-state index in [9.17, 15) is 13.2 Å². The second-order valence-electron chi connectivity index (χ2n) is 5.69. The number of alkyl halides is 3. The van der Waals surface area contributed by atoms with E-state index in [1.54, 1.807) is 0 Å². The second-order valence-corrected chi connectivity index (χ2v) is 5.69. The molecule has 0 atom stereocenters. The zero-order valence-electron chi connectivity index (χ0n) is 12.8. The van der Waals surface area contributed by atoms with E-state index < -0.39 is 12.1 Å². The van der Waals surface area contributed by atoms with Gasteiger partial charge in [0.25, 0.3) is 0 Å². The van der Waals surface area contributed by atoms with Gasteiger partial charge in [-0.3, -0.25) is 0 Å². The van der Waals surface area contributed by atoms with Crippen molar-refractivity contribution in [1.82, 2.24) is 5.32 Å². The zero-order chi connectivity index (χ0) is 17.7. The lowest BCUT2D eigenvalue weighted by Gasteiger charge is -2.40. The van der Waals surface area contributed by atoms with Crippen LogP contribution in [0.5, 0.6) is 0 Å². The number of rotatable bonds is 1. The molecule has 1 aliphatic heterocycles. The third kappa shape index (κ3) is 6.16. The molecule has 1 aromatic rings. The summed E-state index contributed by atoms with van der Waals surface area (Å²) in [6.07, 6.45) is -5.08. The minimum absolute atomic E-state index is 0.159. The van der Waals surface area contributed by atoms with Gasteiger partial charge < -0.3 is 15.3 Å². The van der Waals surface area contributed by atoms with Gasteiger partial charge in [0.2, 0.25) is 0 Å². The van der Waals surface area contributed by atoms with Crippen LogP contribution in [0.4, 0.5) is 18.9 Å². The molecule has 1 aliphatic rings. The van der Waals surface area contributed by atoms with Crippen LogP contribution in [0.15, 0.2) is 24.3 Å². The fraction of sp³-hybridized carbons (Fsp3) is 0.467. The Labute approximate surface area is 132 Å².